The summed E-state index contributed by atoms with van der Waals surface area (Å²) in [7, 11) is 0. The molecule has 0 atom stereocenters. The lowest BCUT2D eigenvalue weighted by Gasteiger charge is -2.27. The van der Waals surface area contributed by atoms with Gasteiger partial charge in [-0.1, -0.05) is 27.2 Å². The van der Waals surface area contributed by atoms with Crippen LogP contribution in [0.25, 0.3) is 0 Å². The molecule has 1 heterocycles. The molecule has 1 aliphatic rings. The molecule has 1 heteroatoms. The van der Waals surface area contributed by atoms with Crippen LogP contribution in [0.1, 0.15) is 52.9 Å². The molecule has 1 nitrogen and oxygen atoms in total. The molecule has 0 aromatic heterocycles. The van der Waals surface area contributed by atoms with Gasteiger partial charge in [-0.15, -0.1) is 0 Å². The van der Waals surface area contributed by atoms with Crippen LogP contribution < -0.4 is 0 Å². The van der Waals surface area contributed by atoms with Gasteiger partial charge >= 0.3 is 0 Å². The Morgan fingerprint density at radius 2 is 1.62 bits per heavy atom. The molecule has 0 aromatic rings. The first-order valence-corrected chi connectivity index (χ1v) is 5.80. The molecule has 0 radical (unpaired) electrons. The number of hydrogen-bond donors (Lipinski definition) is 0. The standard InChI is InChI=1S/C12H25N/c1-12(2,3)8-7-11-13-9-5-4-6-10-13/h4-11H2,1-3H3. The van der Waals surface area contributed by atoms with Gasteiger partial charge < -0.3 is 4.90 Å². The fourth-order valence-electron chi connectivity index (χ4n) is 2.02. The second-order valence-corrected chi connectivity index (χ2v) is 5.57. The Kier molecular flexibility index (Phi) is 4.24. The van der Waals surface area contributed by atoms with Gasteiger partial charge in [0.05, 0.1) is 0 Å². The third-order valence-electron chi connectivity index (χ3n) is 2.85. The predicted molar refractivity (Wildman–Crippen MR) is 59.0 cm³/mol. The molecule has 0 amide bonds. The van der Waals surface area contributed by atoms with Gasteiger partial charge in [-0.3, -0.25) is 0 Å². The van der Waals surface area contributed by atoms with Gasteiger partial charge in [-0.2, -0.15) is 0 Å². The normalized spacial score (nSPS) is 20.5. The first-order valence-electron chi connectivity index (χ1n) is 5.80. The summed E-state index contributed by atoms with van der Waals surface area (Å²) < 4.78 is 0. The van der Waals surface area contributed by atoms with Gasteiger partial charge in [0.1, 0.15) is 0 Å². The van der Waals surface area contributed by atoms with Crippen molar-refractivity contribution < 1.29 is 0 Å². The molecular weight excluding hydrogens is 158 g/mol. The summed E-state index contributed by atoms with van der Waals surface area (Å²) in [5.74, 6) is 0. The predicted octanol–water partition coefficient (Wildman–Crippen LogP) is 3.30. The Labute approximate surface area is 83.5 Å². The molecule has 0 saturated carbocycles. The molecule has 0 unspecified atom stereocenters. The van der Waals surface area contributed by atoms with E-state index in [2.05, 4.69) is 25.7 Å². The van der Waals surface area contributed by atoms with Crippen molar-refractivity contribution in [3.05, 3.63) is 0 Å². The SMILES string of the molecule is CC(C)(C)CCCN1CCCCC1. The molecular formula is C12H25N. The summed E-state index contributed by atoms with van der Waals surface area (Å²) in [6, 6.07) is 0. The third-order valence-corrected chi connectivity index (χ3v) is 2.85. The monoisotopic (exact) mass is 183 g/mol. The fourth-order valence-corrected chi connectivity index (χ4v) is 2.02. The van der Waals surface area contributed by atoms with Crippen LogP contribution >= 0.6 is 0 Å². The van der Waals surface area contributed by atoms with Crippen molar-refractivity contribution in [2.24, 2.45) is 5.41 Å². The van der Waals surface area contributed by atoms with Gasteiger partial charge in [0.2, 0.25) is 0 Å². The lowest BCUT2D eigenvalue weighted by Crippen LogP contribution is -2.31. The molecule has 1 fully saturated rings. The Balaban J connectivity index is 2.04. The van der Waals surface area contributed by atoms with Gasteiger partial charge in [0.15, 0.2) is 0 Å². The molecule has 0 aromatic carbocycles. The van der Waals surface area contributed by atoms with E-state index in [4.69, 9.17) is 0 Å². The molecule has 78 valence electrons. The van der Waals surface area contributed by atoms with Gasteiger partial charge in [-0.05, 0) is 50.7 Å². The smallest absolute Gasteiger partial charge is 0.00185 e. The van der Waals surface area contributed by atoms with E-state index in [1.165, 1.54) is 51.7 Å². The lowest BCUT2D eigenvalue weighted by molar-refractivity contribution is 0.212. The number of likely N-dealkylation sites (tertiary alicyclic amines) is 1. The van der Waals surface area contributed by atoms with Gasteiger partial charge in [-0.25, -0.2) is 0 Å². The third kappa shape index (κ3) is 5.30. The topological polar surface area (TPSA) is 3.24 Å². The minimum absolute atomic E-state index is 0.524. The summed E-state index contributed by atoms with van der Waals surface area (Å²) in [6.45, 7) is 11.0. The molecule has 0 aliphatic carbocycles. The molecule has 0 bridgehead atoms. The Morgan fingerprint density at radius 3 is 2.15 bits per heavy atom. The lowest BCUT2D eigenvalue weighted by atomic mass is 9.90. The van der Waals surface area contributed by atoms with Crippen LogP contribution in [0.2, 0.25) is 0 Å². The van der Waals surface area contributed by atoms with Crippen LogP contribution in [0.15, 0.2) is 0 Å². The maximum Gasteiger partial charge on any atom is -0.00185 e. The van der Waals surface area contributed by atoms with Gasteiger partial charge in [0.25, 0.3) is 0 Å². The van der Waals surface area contributed by atoms with Crippen molar-refractivity contribution in [1.29, 1.82) is 0 Å². The molecule has 1 rings (SSSR count). The first-order chi connectivity index (χ1) is 6.08. The number of rotatable bonds is 3. The van der Waals surface area contributed by atoms with Crippen molar-refractivity contribution in [2.45, 2.75) is 52.9 Å². The highest BCUT2D eigenvalue weighted by atomic mass is 15.1. The largest absolute Gasteiger partial charge is 0.303 e. The highest BCUT2D eigenvalue weighted by Crippen LogP contribution is 2.21. The van der Waals surface area contributed by atoms with E-state index in [0.717, 1.165) is 0 Å². The van der Waals surface area contributed by atoms with Crippen LogP contribution in [-0.4, -0.2) is 24.5 Å². The van der Waals surface area contributed by atoms with Crippen molar-refractivity contribution >= 4 is 0 Å². The summed E-state index contributed by atoms with van der Waals surface area (Å²) in [5.41, 5.74) is 0.524. The number of nitrogens with zero attached hydrogens (tertiary/aromatic N) is 1. The minimum atomic E-state index is 0.524. The van der Waals surface area contributed by atoms with Crippen LogP contribution in [0.4, 0.5) is 0 Å². The Hall–Kier alpha value is -0.0400. The van der Waals surface area contributed by atoms with Gasteiger partial charge in [0, 0.05) is 0 Å². The van der Waals surface area contributed by atoms with Crippen LogP contribution in [0.3, 0.4) is 0 Å². The van der Waals surface area contributed by atoms with E-state index < -0.39 is 0 Å². The van der Waals surface area contributed by atoms with Crippen molar-refractivity contribution in [3.63, 3.8) is 0 Å². The minimum Gasteiger partial charge on any atom is -0.303 e. The number of hydrogen-bond acceptors (Lipinski definition) is 1. The quantitative estimate of drug-likeness (QED) is 0.649. The van der Waals surface area contributed by atoms with Crippen molar-refractivity contribution in [1.82, 2.24) is 4.90 Å². The van der Waals surface area contributed by atoms with E-state index in [-0.39, 0.29) is 0 Å². The zero-order chi connectivity index (χ0) is 9.73. The highest BCUT2D eigenvalue weighted by Gasteiger charge is 2.12. The summed E-state index contributed by atoms with van der Waals surface area (Å²) >= 11 is 0. The van der Waals surface area contributed by atoms with E-state index in [9.17, 15) is 0 Å². The Bertz CT molecular complexity index is 129. The molecule has 0 spiro atoms. The maximum absolute atomic E-state index is 2.63. The molecule has 13 heavy (non-hydrogen) atoms. The second-order valence-electron chi connectivity index (χ2n) is 5.57. The highest BCUT2D eigenvalue weighted by molar-refractivity contribution is 4.67. The summed E-state index contributed by atoms with van der Waals surface area (Å²) in [4.78, 5) is 2.63. The maximum atomic E-state index is 2.63. The van der Waals surface area contributed by atoms with Crippen LogP contribution in [0.5, 0.6) is 0 Å². The molecule has 1 aliphatic heterocycles. The van der Waals surface area contributed by atoms with Crippen molar-refractivity contribution in [3.8, 4) is 0 Å². The van der Waals surface area contributed by atoms with E-state index in [1.54, 1.807) is 0 Å². The van der Waals surface area contributed by atoms with Crippen LogP contribution in [-0.2, 0) is 0 Å². The fraction of sp³-hybridized carbons (Fsp3) is 1.00. The summed E-state index contributed by atoms with van der Waals surface area (Å²) in [6.07, 6.45) is 7.05. The van der Waals surface area contributed by atoms with E-state index >= 15 is 0 Å². The second kappa shape index (κ2) is 4.99. The summed E-state index contributed by atoms with van der Waals surface area (Å²) in [5, 5.41) is 0. The molecule has 1 saturated heterocycles. The number of piperidine rings is 1. The Morgan fingerprint density at radius 1 is 1.00 bits per heavy atom. The van der Waals surface area contributed by atoms with Crippen LogP contribution in [0, 0.1) is 5.41 Å². The van der Waals surface area contributed by atoms with Crippen molar-refractivity contribution in [2.75, 3.05) is 19.6 Å². The molecule has 0 N–H and O–H groups in total. The zero-order valence-corrected chi connectivity index (χ0v) is 9.60. The average molecular weight is 183 g/mol. The first kappa shape index (κ1) is 11.0. The van der Waals surface area contributed by atoms with E-state index in [0.29, 0.717) is 5.41 Å². The van der Waals surface area contributed by atoms with E-state index in [1.807, 2.05) is 0 Å². The zero-order valence-electron chi connectivity index (χ0n) is 9.60. The average Bonchev–Trinajstić information content (AvgIpc) is 2.04.